The Morgan fingerprint density at radius 1 is 0.419 bits per heavy atom. The fourth-order valence-corrected chi connectivity index (χ4v) is 14.4. The molecule has 31 heavy (non-hydrogen) atoms. The number of hydrogen-bond acceptors (Lipinski definition) is 1. The van der Waals surface area contributed by atoms with Gasteiger partial charge in [0.15, 0.2) is 0 Å². The summed E-state index contributed by atoms with van der Waals surface area (Å²) in [6.45, 7) is 8.76. The first-order valence-corrected chi connectivity index (χ1v) is 14.7. The van der Waals surface area contributed by atoms with E-state index in [0.717, 1.165) is 0 Å². The molecular formula is C28H27NSi2. The van der Waals surface area contributed by atoms with Crippen LogP contribution >= 0.6 is 0 Å². The first kappa shape index (κ1) is 21.0. The third-order valence-corrected chi connectivity index (χ3v) is 15.3. The molecule has 0 amide bonds. The molecule has 0 spiro atoms. The Balaban J connectivity index is 2.00. The Morgan fingerprint density at radius 2 is 0.645 bits per heavy atom. The predicted molar refractivity (Wildman–Crippen MR) is 139 cm³/mol. The van der Waals surface area contributed by atoms with Gasteiger partial charge in [-0.3, -0.25) is 0 Å². The smallest absolute Gasteiger partial charge is 0.208 e. The first-order valence-electron chi connectivity index (χ1n) is 10.5. The SMILES string of the molecule is C=C[Si](N[Si](C=C)(c1ccccc1)c1ccccc1)(c1ccccc1)c1ccccc1. The summed E-state index contributed by atoms with van der Waals surface area (Å²) in [6, 6.07) is 43.1. The normalized spacial score (nSPS) is 11.6. The minimum absolute atomic E-state index is 1.29. The molecule has 152 valence electrons. The molecule has 0 bridgehead atoms. The lowest BCUT2D eigenvalue weighted by molar-refractivity contribution is 1.41. The van der Waals surface area contributed by atoms with Crippen LogP contribution in [0.5, 0.6) is 0 Å². The quantitative estimate of drug-likeness (QED) is 0.419. The van der Waals surface area contributed by atoms with Gasteiger partial charge in [0.2, 0.25) is 16.5 Å². The van der Waals surface area contributed by atoms with Crippen molar-refractivity contribution in [2.75, 3.05) is 0 Å². The van der Waals surface area contributed by atoms with Crippen molar-refractivity contribution >= 4 is 37.2 Å². The Labute approximate surface area is 187 Å². The van der Waals surface area contributed by atoms with Gasteiger partial charge in [0.1, 0.15) is 0 Å². The molecule has 0 unspecified atom stereocenters. The molecule has 0 fully saturated rings. The Hall–Kier alpha value is -3.25. The van der Waals surface area contributed by atoms with E-state index in [1.165, 1.54) is 20.7 Å². The molecule has 0 saturated heterocycles. The molecule has 0 aliphatic carbocycles. The van der Waals surface area contributed by atoms with Gasteiger partial charge in [0, 0.05) is 0 Å². The maximum absolute atomic E-state index is 4.38. The topological polar surface area (TPSA) is 12.0 Å². The third kappa shape index (κ3) is 3.91. The Bertz CT molecular complexity index is 955. The van der Waals surface area contributed by atoms with Crippen molar-refractivity contribution in [1.29, 1.82) is 0 Å². The van der Waals surface area contributed by atoms with Crippen LogP contribution in [-0.2, 0) is 0 Å². The van der Waals surface area contributed by atoms with Crippen LogP contribution in [0.2, 0.25) is 0 Å². The van der Waals surface area contributed by atoms with E-state index in [4.69, 9.17) is 0 Å². The van der Waals surface area contributed by atoms with E-state index >= 15 is 0 Å². The summed E-state index contributed by atoms with van der Waals surface area (Å²) in [6.07, 6.45) is 0. The van der Waals surface area contributed by atoms with Crippen LogP contribution in [0, 0.1) is 0 Å². The van der Waals surface area contributed by atoms with Crippen LogP contribution in [0.25, 0.3) is 0 Å². The van der Waals surface area contributed by atoms with E-state index in [0.29, 0.717) is 0 Å². The van der Waals surface area contributed by atoms with Crippen molar-refractivity contribution in [3.05, 3.63) is 146 Å². The largest absolute Gasteiger partial charge is 0.339 e. The van der Waals surface area contributed by atoms with Gasteiger partial charge in [0.25, 0.3) is 0 Å². The number of benzene rings is 4. The van der Waals surface area contributed by atoms with Crippen molar-refractivity contribution in [2.45, 2.75) is 0 Å². The summed E-state index contributed by atoms with van der Waals surface area (Å²) in [7, 11) is -5.08. The minimum Gasteiger partial charge on any atom is -0.339 e. The Kier molecular flexibility index (Phi) is 6.28. The van der Waals surface area contributed by atoms with Crippen molar-refractivity contribution < 1.29 is 0 Å². The highest BCUT2D eigenvalue weighted by atomic mass is 28.4. The molecule has 3 heteroatoms. The molecule has 0 aromatic heterocycles. The summed E-state index contributed by atoms with van der Waals surface area (Å²) in [5.41, 5.74) is 4.35. The average molecular weight is 434 g/mol. The molecule has 4 aromatic rings. The van der Waals surface area contributed by atoms with Gasteiger partial charge in [-0.2, -0.15) is 0 Å². The van der Waals surface area contributed by atoms with Crippen LogP contribution in [0.15, 0.2) is 146 Å². The second kappa shape index (κ2) is 9.27. The van der Waals surface area contributed by atoms with Gasteiger partial charge in [-0.1, -0.05) is 133 Å². The van der Waals surface area contributed by atoms with Gasteiger partial charge in [-0.15, -0.1) is 13.2 Å². The van der Waals surface area contributed by atoms with Crippen LogP contribution in [0.4, 0.5) is 0 Å². The maximum atomic E-state index is 4.38. The van der Waals surface area contributed by atoms with Crippen LogP contribution in [-0.4, -0.2) is 16.5 Å². The van der Waals surface area contributed by atoms with E-state index in [-0.39, 0.29) is 0 Å². The van der Waals surface area contributed by atoms with Crippen LogP contribution in [0.1, 0.15) is 0 Å². The Morgan fingerprint density at radius 3 is 0.839 bits per heavy atom. The fraction of sp³-hybridized carbons (Fsp3) is 0. The number of nitrogens with one attached hydrogen (secondary N) is 1. The first-order chi connectivity index (χ1) is 15.2. The highest BCUT2D eigenvalue weighted by molar-refractivity contribution is 7.17. The van der Waals surface area contributed by atoms with Crippen molar-refractivity contribution in [2.24, 2.45) is 0 Å². The molecule has 0 saturated carbocycles. The monoisotopic (exact) mass is 433 g/mol. The van der Waals surface area contributed by atoms with Crippen LogP contribution < -0.4 is 25.4 Å². The molecule has 0 aliphatic heterocycles. The lowest BCUT2D eigenvalue weighted by Gasteiger charge is -2.41. The highest BCUT2D eigenvalue weighted by Crippen LogP contribution is 2.12. The van der Waals surface area contributed by atoms with Gasteiger partial charge in [-0.05, 0) is 20.7 Å². The summed E-state index contributed by atoms with van der Waals surface area (Å²) in [5, 5.41) is 5.17. The molecule has 0 atom stereocenters. The van der Waals surface area contributed by atoms with E-state index in [2.05, 4.69) is 151 Å². The van der Waals surface area contributed by atoms with E-state index in [1.807, 2.05) is 0 Å². The molecule has 0 heterocycles. The summed E-state index contributed by atoms with van der Waals surface area (Å²) in [5.74, 6) is 0. The number of rotatable bonds is 8. The molecule has 0 aliphatic rings. The van der Waals surface area contributed by atoms with Gasteiger partial charge >= 0.3 is 0 Å². The highest BCUT2D eigenvalue weighted by Gasteiger charge is 2.45. The van der Waals surface area contributed by atoms with Crippen molar-refractivity contribution in [3.63, 3.8) is 0 Å². The molecule has 1 nitrogen and oxygen atoms in total. The molecule has 4 aromatic carbocycles. The van der Waals surface area contributed by atoms with E-state index in [9.17, 15) is 0 Å². The fourth-order valence-electron chi connectivity index (χ4n) is 4.31. The molecule has 4 rings (SSSR count). The van der Waals surface area contributed by atoms with E-state index < -0.39 is 16.5 Å². The lowest BCUT2D eigenvalue weighted by Crippen LogP contribution is -2.81. The molecule has 1 N–H and O–H groups in total. The summed E-state index contributed by atoms with van der Waals surface area (Å²) >= 11 is 0. The second-order valence-corrected chi connectivity index (χ2v) is 15.0. The maximum Gasteiger partial charge on any atom is 0.208 e. The van der Waals surface area contributed by atoms with Crippen molar-refractivity contribution in [1.82, 2.24) is 4.65 Å². The van der Waals surface area contributed by atoms with Gasteiger partial charge in [-0.25, -0.2) is 0 Å². The zero-order chi connectivity index (χ0) is 21.6. The second-order valence-electron chi connectivity index (χ2n) is 7.61. The van der Waals surface area contributed by atoms with E-state index in [1.54, 1.807) is 0 Å². The lowest BCUT2D eigenvalue weighted by atomic mass is 10.4. The van der Waals surface area contributed by atoms with Gasteiger partial charge in [0.05, 0.1) is 0 Å². The minimum atomic E-state index is -2.54. The zero-order valence-corrected chi connectivity index (χ0v) is 19.6. The molecular weight excluding hydrogens is 406 g/mol. The predicted octanol–water partition coefficient (Wildman–Crippen LogP) is 3.55. The van der Waals surface area contributed by atoms with Crippen LogP contribution in [0.3, 0.4) is 0 Å². The third-order valence-electron chi connectivity index (χ3n) is 5.92. The summed E-state index contributed by atoms with van der Waals surface area (Å²) < 4.78 is 4.29. The average Bonchev–Trinajstić information content (AvgIpc) is 2.87. The number of hydrogen-bond donors (Lipinski definition) is 1. The standard InChI is InChI=1S/C28H27NSi2/c1-3-30(25-17-9-5-10-18-25,26-19-11-6-12-20-26)29-31(4-2,27-21-13-7-14-22-27)28-23-15-8-16-24-28/h3-24,29H,1-2H2. The molecule has 0 radical (unpaired) electrons. The van der Waals surface area contributed by atoms with Gasteiger partial charge < -0.3 is 4.65 Å². The van der Waals surface area contributed by atoms with Crippen molar-refractivity contribution in [3.8, 4) is 0 Å². The zero-order valence-electron chi connectivity index (χ0n) is 17.6. The summed E-state index contributed by atoms with van der Waals surface area (Å²) in [4.78, 5) is 0.